The molecular formula is C11H10FN3O2S. The number of thioether (sulfide) groups is 1. The van der Waals surface area contributed by atoms with E-state index in [-0.39, 0.29) is 5.56 Å². The predicted molar refractivity (Wildman–Crippen MR) is 64.0 cm³/mol. The Hall–Kier alpha value is -1.89. The van der Waals surface area contributed by atoms with Crippen molar-refractivity contribution >= 4 is 17.7 Å². The molecule has 0 saturated heterocycles. The highest BCUT2D eigenvalue weighted by Gasteiger charge is 2.10. The lowest BCUT2D eigenvalue weighted by Gasteiger charge is -2.01. The number of halogens is 1. The number of aromatic amines is 1. The number of rotatable bonds is 4. The molecule has 0 radical (unpaired) electrons. The third-order valence-corrected chi connectivity index (χ3v) is 3.13. The first-order chi connectivity index (χ1) is 8.56. The van der Waals surface area contributed by atoms with Gasteiger partial charge in [0, 0.05) is 5.75 Å². The molecule has 1 aromatic heterocycles. The van der Waals surface area contributed by atoms with E-state index in [0.717, 1.165) is 0 Å². The van der Waals surface area contributed by atoms with Crippen molar-refractivity contribution in [3.05, 3.63) is 41.0 Å². The molecular weight excluding hydrogens is 257 g/mol. The number of carboxylic acid groups (broad SMARTS) is 1. The average molecular weight is 267 g/mol. The zero-order chi connectivity index (χ0) is 13.1. The van der Waals surface area contributed by atoms with Crippen LogP contribution in [0.15, 0.2) is 23.4 Å². The number of nitrogens with zero attached hydrogens (tertiary/aromatic N) is 2. The molecule has 94 valence electrons. The van der Waals surface area contributed by atoms with Crippen LogP contribution in [0.1, 0.15) is 21.7 Å². The molecule has 2 rings (SSSR count). The van der Waals surface area contributed by atoms with E-state index in [1.807, 2.05) is 0 Å². The quantitative estimate of drug-likeness (QED) is 0.830. The van der Waals surface area contributed by atoms with Gasteiger partial charge in [-0.15, -0.1) is 5.10 Å². The average Bonchev–Trinajstić information content (AvgIpc) is 2.72. The van der Waals surface area contributed by atoms with Crippen molar-refractivity contribution in [3.63, 3.8) is 0 Å². The molecule has 0 aliphatic rings. The maximum atomic E-state index is 13.4. The first-order valence-corrected chi connectivity index (χ1v) is 6.08. The molecule has 2 N–H and O–H groups in total. The Morgan fingerprint density at radius 1 is 1.56 bits per heavy atom. The van der Waals surface area contributed by atoms with E-state index in [9.17, 15) is 9.18 Å². The lowest BCUT2D eigenvalue weighted by molar-refractivity contribution is 0.0692. The third kappa shape index (κ3) is 2.86. The van der Waals surface area contributed by atoms with Crippen LogP contribution in [-0.2, 0) is 5.75 Å². The summed E-state index contributed by atoms with van der Waals surface area (Å²) >= 11 is 1.35. The van der Waals surface area contributed by atoms with Gasteiger partial charge in [0.15, 0.2) is 0 Å². The number of aromatic nitrogens is 3. The summed E-state index contributed by atoms with van der Waals surface area (Å²) in [5.41, 5.74) is 0.363. The monoisotopic (exact) mass is 267 g/mol. The van der Waals surface area contributed by atoms with Crippen molar-refractivity contribution in [3.8, 4) is 0 Å². The van der Waals surface area contributed by atoms with Crippen LogP contribution in [0, 0.1) is 12.7 Å². The Morgan fingerprint density at radius 3 is 2.89 bits per heavy atom. The number of benzene rings is 1. The fraction of sp³-hybridized carbons (Fsp3) is 0.182. The molecule has 0 bridgehead atoms. The smallest absolute Gasteiger partial charge is 0.338 e. The molecule has 0 unspecified atom stereocenters. The van der Waals surface area contributed by atoms with Crippen LogP contribution in [-0.4, -0.2) is 26.3 Å². The molecule has 0 spiro atoms. The number of aromatic carboxylic acids is 1. The van der Waals surface area contributed by atoms with Gasteiger partial charge in [0.25, 0.3) is 0 Å². The first-order valence-electron chi connectivity index (χ1n) is 5.10. The minimum Gasteiger partial charge on any atom is -0.478 e. The minimum atomic E-state index is -1.27. The summed E-state index contributed by atoms with van der Waals surface area (Å²) in [6, 6.07) is 4.06. The van der Waals surface area contributed by atoms with Crippen LogP contribution in [0.3, 0.4) is 0 Å². The van der Waals surface area contributed by atoms with Gasteiger partial charge in [0.05, 0.1) is 5.56 Å². The number of H-pyrrole nitrogens is 1. The molecule has 0 saturated carbocycles. The minimum absolute atomic E-state index is 0.322. The van der Waals surface area contributed by atoms with Crippen LogP contribution in [0.25, 0.3) is 0 Å². The molecule has 0 amide bonds. The molecule has 0 aliphatic carbocycles. The highest BCUT2D eigenvalue weighted by atomic mass is 32.2. The van der Waals surface area contributed by atoms with Crippen molar-refractivity contribution in [1.82, 2.24) is 15.2 Å². The molecule has 2 aromatic rings. The molecule has 1 heterocycles. The molecule has 0 atom stereocenters. The number of hydrogen-bond acceptors (Lipinski definition) is 4. The van der Waals surface area contributed by atoms with Crippen LogP contribution in [0.4, 0.5) is 4.39 Å². The lowest BCUT2D eigenvalue weighted by atomic mass is 10.1. The molecule has 18 heavy (non-hydrogen) atoms. The van der Waals surface area contributed by atoms with Gasteiger partial charge in [-0.2, -0.15) is 0 Å². The third-order valence-electron chi connectivity index (χ3n) is 2.21. The summed E-state index contributed by atoms with van der Waals surface area (Å²) < 4.78 is 13.4. The van der Waals surface area contributed by atoms with Crippen molar-refractivity contribution in [2.45, 2.75) is 17.8 Å². The standard InChI is InChI=1S/C11H10FN3O2S/c1-6-13-11(15-14-6)18-5-7-2-3-8(10(16)17)9(12)4-7/h2-4H,5H2,1H3,(H,16,17)(H,13,14,15). The van der Waals surface area contributed by atoms with E-state index < -0.39 is 11.8 Å². The highest BCUT2D eigenvalue weighted by Crippen LogP contribution is 2.20. The topological polar surface area (TPSA) is 78.9 Å². The number of hydrogen-bond donors (Lipinski definition) is 2. The number of carbonyl (C=O) groups is 1. The molecule has 0 fully saturated rings. The van der Waals surface area contributed by atoms with Gasteiger partial charge in [0.1, 0.15) is 11.6 Å². The highest BCUT2D eigenvalue weighted by molar-refractivity contribution is 7.98. The molecule has 0 aliphatic heterocycles. The molecule has 5 nitrogen and oxygen atoms in total. The van der Waals surface area contributed by atoms with Gasteiger partial charge in [-0.1, -0.05) is 17.8 Å². The van der Waals surface area contributed by atoms with Crippen molar-refractivity contribution < 1.29 is 14.3 Å². The molecule has 7 heteroatoms. The van der Waals surface area contributed by atoms with Gasteiger partial charge in [-0.25, -0.2) is 14.2 Å². The SMILES string of the molecule is Cc1nc(SCc2ccc(C(=O)O)c(F)c2)n[nH]1. The largest absolute Gasteiger partial charge is 0.478 e. The van der Waals surface area contributed by atoms with E-state index in [0.29, 0.717) is 22.3 Å². The fourth-order valence-corrected chi connectivity index (χ4v) is 2.14. The van der Waals surface area contributed by atoms with Crippen LogP contribution >= 0.6 is 11.8 Å². The Kier molecular flexibility index (Phi) is 3.61. The summed E-state index contributed by atoms with van der Waals surface area (Å²) in [4.78, 5) is 14.7. The second kappa shape index (κ2) is 5.18. The number of nitrogens with one attached hydrogen (secondary N) is 1. The van der Waals surface area contributed by atoms with Crippen LogP contribution in [0.2, 0.25) is 0 Å². The normalized spacial score (nSPS) is 10.6. The van der Waals surface area contributed by atoms with Gasteiger partial charge in [0.2, 0.25) is 5.16 Å². The lowest BCUT2D eigenvalue weighted by Crippen LogP contribution is -2.00. The zero-order valence-electron chi connectivity index (χ0n) is 9.48. The zero-order valence-corrected chi connectivity index (χ0v) is 10.3. The fourth-order valence-electron chi connectivity index (χ4n) is 1.36. The molecule has 1 aromatic carbocycles. The maximum Gasteiger partial charge on any atom is 0.338 e. The van der Waals surface area contributed by atoms with E-state index in [1.54, 1.807) is 13.0 Å². The maximum absolute atomic E-state index is 13.4. The Morgan fingerprint density at radius 2 is 2.33 bits per heavy atom. The van der Waals surface area contributed by atoms with Crippen LogP contribution < -0.4 is 0 Å². The van der Waals surface area contributed by atoms with E-state index in [2.05, 4.69) is 15.2 Å². The Bertz CT molecular complexity index is 585. The summed E-state index contributed by atoms with van der Waals surface area (Å²) in [5, 5.41) is 15.9. The Balaban J connectivity index is 2.06. The number of carboxylic acids is 1. The van der Waals surface area contributed by atoms with Crippen molar-refractivity contribution in [1.29, 1.82) is 0 Å². The number of aryl methyl sites for hydroxylation is 1. The second-order valence-electron chi connectivity index (χ2n) is 3.61. The van der Waals surface area contributed by atoms with Crippen molar-refractivity contribution in [2.24, 2.45) is 0 Å². The van der Waals surface area contributed by atoms with Gasteiger partial charge in [-0.3, -0.25) is 5.10 Å². The van der Waals surface area contributed by atoms with Gasteiger partial charge < -0.3 is 5.11 Å². The Labute approximate surface area is 106 Å². The van der Waals surface area contributed by atoms with E-state index in [1.165, 1.54) is 23.9 Å². The van der Waals surface area contributed by atoms with Crippen LogP contribution in [0.5, 0.6) is 0 Å². The summed E-state index contributed by atoms with van der Waals surface area (Å²) in [7, 11) is 0. The van der Waals surface area contributed by atoms with Gasteiger partial charge in [-0.05, 0) is 24.6 Å². The summed E-state index contributed by atoms with van der Waals surface area (Å²) in [6.45, 7) is 1.79. The second-order valence-corrected chi connectivity index (χ2v) is 4.55. The predicted octanol–water partition coefficient (Wildman–Crippen LogP) is 2.24. The first kappa shape index (κ1) is 12.6. The van der Waals surface area contributed by atoms with E-state index in [4.69, 9.17) is 5.11 Å². The summed E-state index contributed by atoms with van der Waals surface area (Å²) in [6.07, 6.45) is 0. The van der Waals surface area contributed by atoms with Gasteiger partial charge >= 0.3 is 5.97 Å². The summed E-state index contributed by atoms with van der Waals surface area (Å²) in [5.74, 6) is -0.804. The van der Waals surface area contributed by atoms with Crippen molar-refractivity contribution in [2.75, 3.05) is 0 Å². The van der Waals surface area contributed by atoms with E-state index >= 15 is 0 Å².